The first kappa shape index (κ1) is 18.6. The van der Waals surface area contributed by atoms with E-state index >= 15 is 0 Å². The maximum absolute atomic E-state index is 11.2. The van der Waals surface area contributed by atoms with Crippen molar-refractivity contribution in [2.24, 2.45) is 0 Å². The van der Waals surface area contributed by atoms with Gasteiger partial charge in [-0.15, -0.1) is 0 Å². The van der Waals surface area contributed by atoms with Gasteiger partial charge in [0.2, 0.25) is 0 Å². The molecule has 0 aliphatic rings. The molecule has 0 bridgehead atoms. The van der Waals surface area contributed by atoms with Crippen LogP contribution in [0, 0.1) is 6.92 Å². The molecule has 0 saturated heterocycles. The van der Waals surface area contributed by atoms with Gasteiger partial charge in [-0.05, 0) is 12.5 Å². The average Bonchev–Trinajstić information content (AvgIpc) is 2.00. The van der Waals surface area contributed by atoms with Crippen LogP contribution in [0.15, 0.2) is 24.3 Å². The number of nitrogens with zero attached hydrogens (tertiary/aromatic N) is 1. The van der Waals surface area contributed by atoms with Crippen molar-refractivity contribution in [1.29, 1.82) is 0 Å². The van der Waals surface area contributed by atoms with E-state index in [4.69, 9.17) is 0 Å². The zero-order valence-corrected chi connectivity index (χ0v) is 13.7. The summed E-state index contributed by atoms with van der Waals surface area (Å²) in [6.45, 7) is 3.28. The molecular weight excluding hydrogens is 382 g/mol. The summed E-state index contributed by atoms with van der Waals surface area (Å²) in [5.74, 6) is 0. The third-order valence-electron chi connectivity index (χ3n) is 1.91. The molecule has 0 aliphatic heterocycles. The van der Waals surface area contributed by atoms with Gasteiger partial charge in [0.25, 0.3) is 0 Å². The SMILES string of the molecule is Cc1ccccc1C[N+](C)(C)C.[F][Sb-]([F])([F])([F])([F])[F]. The number of halogens is 6. The third-order valence-corrected chi connectivity index (χ3v) is 1.91. The number of aryl methyl sites for hydroxylation is 1. The molecule has 0 N–H and O–H groups in total. The van der Waals surface area contributed by atoms with Gasteiger partial charge in [0, 0.05) is 5.56 Å². The van der Waals surface area contributed by atoms with Crippen molar-refractivity contribution in [3.8, 4) is 0 Å². The van der Waals surface area contributed by atoms with Crippen LogP contribution in [0.25, 0.3) is 0 Å². The first-order valence-electron chi connectivity index (χ1n) is 5.35. The summed E-state index contributed by atoms with van der Waals surface area (Å²) in [6.07, 6.45) is 0. The van der Waals surface area contributed by atoms with Crippen LogP contribution in [-0.2, 0) is 6.54 Å². The second-order valence-electron chi connectivity index (χ2n) is 5.33. The second-order valence-corrected chi connectivity index (χ2v) is 10.8. The van der Waals surface area contributed by atoms with Crippen LogP contribution in [0.5, 0.6) is 0 Å². The monoisotopic (exact) mass is 399 g/mol. The van der Waals surface area contributed by atoms with Crippen LogP contribution in [0.3, 0.4) is 0 Å². The Kier molecular flexibility index (Phi) is 4.74. The Balaban J connectivity index is 0.000000399. The Labute approximate surface area is 111 Å². The van der Waals surface area contributed by atoms with Crippen LogP contribution < -0.4 is 0 Å². The van der Waals surface area contributed by atoms with Crippen molar-refractivity contribution >= 4 is 19.5 Å². The Bertz CT molecular complexity index is 420. The second kappa shape index (κ2) is 4.84. The summed E-state index contributed by atoms with van der Waals surface area (Å²) < 4.78 is 60.5. The number of quaternary nitrogens is 1. The molecule has 0 radical (unpaired) electrons. The van der Waals surface area contributed by atoms with Crippen molar-refractivity contribution in [1.82, 2.24) is 0 Å². The molecule has 0 fully saturated rings. The van der Waals surface area contributed by atoms with Crippen LogP contribution in [0.2, 0.25) is 0 Å². The van der Waals surface area contributed by atoms with Crippen molar-refractivity contribution in [2.75, 3.05) is 21.1 Å². The number of hydrogen-bond donors (Lipinski definition) is 0. The standard InChI is InChI=1S/C11H18N.6FH.Sb/c1-10-7-5-6-8-11(10)9-12(2,3)4;;;;;;;/h5-8H,9H2,1-4H3;6*1H;/q+1;;;;;;;+5/p-6. The van der Waals surface area contributed by atoms with E-state index in [1.165, 1.54) is 11.1 Å². The van der Waals surface area contributed by atoms with Crippen molar-refractivity contribution in [3.63, 3.8) is 0 Å². The number of hydrogen-bond acceptors (Lipinski definition) is 0. The van der Waals surface area contributed by atoms with Gasteiger partial charge in [-0.3, -0.25) is 0 Å². The normalized spacial score (nSPS) is 15.9. The molecule has 0 aliphatic carbocycles. The van der Waals surface area contributed by atoms with E-state index in [1.54, 1.807) is 0 Å². The zero-order chi connectivity index (χ0) is 15.6. The Hall–Kier alpha value is -0.422. The summed E-state index contributed by atoms with van der Waals surface area (Å²) in [4.78, 5) is 0. The van der Waals surface area contributed by atoms with Gasteiger partial charge < -0.3 is 4.48 Å². The topological polar surface area (TPSA) is 0 Å². The molecule has 0 aromatic heterocycles. The van der Waals surface area contributed by atoms with E-state index in [-0.39, 0.29) is 0 Å². The summed E-state index contributed by atoms with van der Waals surface area (Å²) in [7, 11) is 6.64. The molecule has 0 saturated carbocycles. The molecule has 8 heteroatoms. The van der Waals surface area contributed by atoms with E-state index in [9.17, 15) is 16.9 Å². The predicted octanol–water partition coefficient (Wildman–Crippen LogP) is 4.34. The van der Waals surface area contributed by atoms with Gasteiger partial charge in [-0.1, -0.05) is 24.3 Å². The minimum atomic E-state index is -11.2. The molecule has 114 valence electrons. The summed E-state index contributed by atoms with van der Waals surface area (Å²) in [5.41, 5.74) is 2.84. The van der Waals surface area contributed by atoms with Crippen LogP contribution in [-0.4, -0.2) is 45.1 Å². The van der Waals surface area contributed by atoms with Gasteiger partial charge in [-0.25, -0.2) is 0 Å². The van der Waals surface area contributed by atoms with E-state index in [0.717, 1.165) is 11.0 Å². The molecule has 0 amide bonds. The van der Waals surface area contributed by atoms with Gasteiger partial charge in [0.15, 0.2) is 0 Å². The summed E-state index contributed by atoms with van der Waals surface area (Å²) >= 11 is -11.2. The van der Waals surface area contributed by atoms with E-state index in [1.807, 2.05) is 0 Å². The predicted molar refractivity (Wildman–Crippen MR) is 65.3 cm³/mol. The van der Waals surface area contributed by atoms with Crippen molar-refractivity contribution < 1.29 is 21.4 Å². The third kappa shape index (κ3) is 17.6. The van der Waals surface area contributed by atoms with Gasteiger partial charge >= 0.3 is 36.4 Å². The molecule has 1 rings (SSSR count). The van der Waals surface area contributed by atoms with Gasteiger partial charge in [-0.2, -0.15) is 0 Å². The molecule has 0 unspecified atom stereocenters. The van der Waals surface area contributed by atoms with Crippen molar-refractivity contribution in [2.45, 2.75) is 13.5 Å². The van der Waals surface area contributed by atoms with E-state index in [0.29, 0.717) is 0 Å². The first-order chi connectivity index (χ1) is 7.94. The van der Waals surface area contributed by atoms with Crippen LogP contribution in [0.1, 0.15) is 11.1 Å². The Morgan fingerprint density at radius 2 is 1.26 bits per heavy atom. The molecule has 19 heavy (non-hydrogen) atoms. The number of rotatable bonds is 2. The quantitative estimate of drug-likeness (QED) is 0.394. The summed E-state index contributed by atoms with van der Waals surface area (Å²) in [5, 5.41) is 0. The Morgan fingerprint density at radius 1 is 0.895 bits per heavy atom. The van der Waals surface area contributed by atoms with Gasteiger partial charge in [0.1, 0.15) is 6.54 Å². The van der Waals surface area contributed by atoms with Crippen LogP contribution in [0.4, 0.5) is 16.9 Å². The van der Waals surface area contributed by atoms with Gasteiger partial charge in [0.05, 0.1) is 21.1 Å². The van der Waals surface area contributed by atoms with Crippen LogP contribution >= 0.6 is 0 Å². The molecule has 0 atom stereocenters. The average molecular weight is 400 g/mol. The van der Waals surface area contributed by atoms with E-state index < -0.39 is 19.5 Å². The molecule has 0 spiro atoms. The Morgan fingerprint density at radius 3 is 1.58 bits per heavy atom. The molecule has 0 heterocycles. The molecule has 1 nitrogen and oxygen atoms in total. The fraction of sp³-hybridized carbons (Fsp3) is 0.455. The maximum atomic E-state index is 9.93. The summed E-state index contributed by atoms with van der Waals surface area (Å²) in [6, 6.07) is 8.58. The fourth-order valence-corrected chi connectivity index (χ4v) is 1.30. The van der Waals surface area contributed by atoms with E-state index in [2.05, 4.69) is 52.3 Å². The fourth-order valence-electron chi connectivity index (χ4n) is 1.30. The molecule has 1 aromatic rings. The van der Waals surface area contributed by atoms with Crippen molar-refractivity contribution in [3.05, 3.63) is 35.4 Å². The first-order valence-corrected chi connectivity index (χ1v) is 11.1. The number of benzene rings is 1. The minimum absolute atomic E-state index is 0.991. The molecular formula is C11H18F6NSb. The zero-order valence-electron chi connectivity index (χ0n) is 11.2. The molecule has 1 aromatic carbocycles.